The van der Waals surface area contributed by atoms with E-state index in [-0.39, 0.29) is 23.6 Å². The van der Waals surface area contributed by atoms with Crippen molar-refractivity contribution >= 4 is 17.5 Å². The molecule has 4 rings (SSSR count). The van der Waals surface area contributed by atoms with Crippen molar-refractivity contribution in [2.24, 2.45) is 0 Å². The molecule has 3 aromatic rings. The molecule has 3 heterocycles. The van der Waals surface area contributed by atoms with E-state index in [9.17, 15) is 9.59 Å². The van der Waals surface area contributed by atoms with Crippen molar-refractivity contribution < 1.29 is 23.3 Å². The fourth-order valence-electron chi connectivity index (χ4n) is 3.72. The Labute approximate surface area is 168 Å². The van der Waals surface area contributed by atoms with Gasteiger partial charge in [-0.15, -0.1) is 0 Å². The van der Waals surface area contributed by atoms with Crippen LogP contribution in [0.15, 0.2) is 69.9 Å². The summed E-state index contributed by atoms with van der Waals surface area (Å²) in [6, 6.07) is 14.0. The second-order valence-corrected chi connectivity index (χ2v) is 7.15. The molecule has 1 fully saturated rings. The second-order valence-electron chi connectivity index (χ2n) is 7.15. The lowest BCUT2D eigenvalue weighted by Crippen LogP contribution is -3.11. The Bertz CT molecular complexity index is 927. The molecule has 150 valence electrons. The number of hydrogen-bond donors (Lipinski definition) is 3. The SMILES string of the molecule is O=C(NC[C@@H](c1ccco1)[NH+]1CCCC1)c1ccc(NC(=O)c2ccco2)cc1. The number of nitrogens with one attached hydrogen (secondary N) is 3. The second kappa shape index (κ2) is 8.79. The monoisotopic (exact) mass is 394 g/mol. The number of rotatable bonds is 7. The number of benzene rings is 1. The highest BCUT2D eigenvalue weighted by atomic mass is 16.3. The molecule has 29 heavy (non-hydrogen) atoms. The van der Waals surface area contributed by atoms with Crippen molar-refractivity contribution in [2.45, 2.75) is 18.9 Å². The van der Waals surface area contributed by atoms with Crippen LogP contribution in [0.4, 0.5) is 5.69 Å². The summed E-state index contributed by atoms with van der Waals surface area (Å²) in [6.07, 6.45) is 5.52. The number of carbonyl (C=O) groups excluding carboxylic acids is 2. The predicted molar refractivity (Wildman–Crippen MR) is 107 cm³/mol. The van der Waals surface area contributed by atoms with E-state index in [2.05, 4.69) is 10.6 Å². The number of hydrogen-bond acceptors (Lipinski definition) is 4. The van der Waals surface area contributed by atoms with Gasteiger partial charge in [0.1, 0.15) is 0 Å². The molecule has 0 saturated carbocycles. The van der Waals surface area contributed by atoms with E-state index in [0.29, 0.717) is 17.8 Å². The lowest BCUT2D eigenvalue weighted by molar-refractivity contribution is -0.919. The summed E-state index contributed by atoms with van der Waals surface area (Å²) in [6.45, 7) is 2.69. The number of furan rings is 2. The van der Waals surface area contributed by atoms with Gasteiger partial charge in [-0.2, -0.15) is 0 Å². The number of anilines is 1. The standard InChI is InChI=1S/C22H23N3O4/c26-21(23-15-18(19-5-3-13-28-19)25-11-1-2-12-25)16-7-9-17(10-8-16)24-22(27)20-6-4-14-29-20/h3-10,13-14,18H,1-2,11-12,15H2,(H,23,26)(H,24,27)/p+1/t18-/m0/s1. The minimum absolute atomic E-state index is 0.114. The Morgan fingerprint density at radius 1 is 0.931 bits per heavy atom. The van der Waals surface area contributed by atoms with Crippen LogP contribution in [0, 0.1) is 0 Å². The molecular formula is C22H24N3O4+. The first kappa shape index (κ1) is 19.0. The average Bonchev–Trinajstić information content (AvgIpc) is 3.52. The number of likely N-dealkylation sites (tertiary alicyclic amines) is 1. The first-order valence-corrected chi connectivity index (χ1v) is 9.82. The number of quaternary nitrogens is 1. The first-order valence-electron chi connectivity index (χ1n) is 9.82. The Balaban J connectivity index is 1.36. The zero-order chi connectivity index (χ0) is 20.1. The van der Waals surface area contributed by atoms with Crippen LogP contribution in [0.5, 0.6) is 0 Å². The molecule has 0 bridgehead atoms. The number of amides is 2. The van der Waals surface area contributed by atoms with Crippen molar-refractivity contribution in [2.75, 3.05) is 25.0 Å². The van der Waals surface area contributed by atoms with E-state index in [1.54, 1.807) is 42.7 Å². The van der Waals surface area contributed by atoms with Crippen molar-refractivity contribution in [3.8, 4) is 0 Å². The van der Waals surface area contributed by atoms with E-state index in [1.165, 1.54) is 24.0 Å². The average molecular weight is 394 g/mol. The van der Waals surface area contributed by atoms with Crippen LogP contribution in [0.25, 0.3) is 0 Å². The van der Waals surface area contributed by atoms with Crippen molar-refractivity contribution in [3.63, 3.8) is 0 Å². The van der Waals surface area contributed by atoms with E-state index < -0.39 is 0 Å². The van der Waals surface area contributed by atoms with E-state index in [0.717, 1.165) is 18.8 Å². The summed E-state index contributed by atoms with van der Waals surface area (Å²) in [7, 11) is 0. The largest absolute Gasteiger partial charge is 0.463 e. The fourth-order valence-corrected chi connectivity index (χ4v) is 3.72. The molecule has 7 nitrogen and oxygen atoms in total. The van der Waals surface area contributed by atoms with Gasteiger partial charge in [-0.25, -0.2) is 0 Å². The van der Waals surface area contributed by atoms with Crippen molar-refractivity contribution in [3.05, 3.63) is 78.1 Å². The molecule has 2 aromatic heterocycles. The molecule has 0 aliphatic carbocycles. The minimum atomic E-state index is -0.331. The number of carbonyl (C=O) groups is 2. The molecular weight excluding hydrogens is 370 g/mol. The maximum absolute atomic E-state index is 12.6. The molecule has 1 aliphatic heterocycles. The van der Waals surface area contributed by atoms with Gasteiger partial charge in [0.05, 0.1) is 32.2 Å². The lowest BCUT2D eigenvalue weighted by atomic mass is 10.1. The first-order chi connectivity index (χ1) is 14.2. The zero-order valence-electron chi connectivity index (χ0n) is 16.0. The summed E-state index contributed by atoms with van der Waals surface area (Å²) in [4.78, 5) is 26.1. The molecule has 1 atom stereocenters. The van der Waals surface area contributed by atoms with Gasteiger partial charge >= 0.3 is 0 Å². The molecule has 1 aromatic carbocycles. The van der Waals surface area contributed by atoms with Gasteiger partial charge in [-0.3, -0.25) is 9.59 Å². The van der Waals surface area contributed by atoms with Gasteiger partial charge in [0, 0.05) is 24.1 Å². The molecule has 2 amide bonds. The summed E-state index contributed by atoms with van der Waals surface area (Å²) in [5, 5.41) is 5.76. The molecule has 0 unspecified atom stereocenters. The fraction of sp³-hybridized carbons (Fsp3) is 0.273. The van der Waals surface area contributed by atoms with Crippen LogP contribution in [0.2, 0.25) is 0 Å². The zero-order valence-corrected chi connectivity index (χ0v) is 16.0. The van der Waals surface area contributed by atoms with Crippen LogP contribution in [0.3, 0.4) is 0 Å². The van der Waals surface area contributed by atoms with Crippen LogP contribution in [-0.2, 0) is 0 Å². The highest BCUT2D eigenvalue weighted by molar-refractivity contribution is 6.02. The van der Waals surface area contributed by atoms with Crippen LogP contribution in [-0.4, -0.2) is 31.4 Å². The lowest BCUT2D eigenvalue weighted by Gasteiger charge is -2.23. The Kier molecular flexibility index (Phi) is 5.76. The van der Waals surface area contributed by atoms with Crippen molar-refractivity contribution in [1.82, 2.24) is 5.32 Å². The molecule has 0 radical (unpaired) electrons. The highest BCUT2D eigenvalue weighted by Crippen LogP contribution is 2.14. The maximum atomic E-state index is 12.6. The molecule has 0 spiro atoms. The third kappa shape index (κ3) is 4.57. The van der Waals surface area contributed by atoms with Gasteiger partial charge in [0.15, 0.2) is 17.6 Å². The van der Waals surface area contributed by atoms with Crippen molar-refractivity contribution in [1.29, 1.82) is 0 Å². The minimum Gasteiger partial charge on any atom is -0.463 e. The third-order valence-electron chi connectivity index (χ3n) is 5.24. The molecule has 3 N–H and O–H groups in total. The van der Waals surface area contributed by atoms with E-state index in [1.807, 2.05) is 12.1 Å². The van der Waals surface area contributed by atoms with Crippen LogP contribution < -0.4 is 15.5 Å². The van der Waals surface area contributed by atoms with Crippen LogP contribution in [0.1, 0.15) is 45.6 Å². The molecule has 7 heteroatoms. The van der Waals surface area contributed by atoms with Gasteiger partial charge in [-0.1, -0.05) is 0 Å². The smallest absolute Gasteiger partial charge is 0.291 e. The van der Waals surface area contributed by atoms with E-state index in [4.69, 9.17) is 8.83 Å². The van der Waals surface area contributed by atoms with Gasteiger partial charge < -0.3 is 24.4 Å². The molecule has 1 aliphatic rings. The summed E-state index contributed by atoms with van der Waals surface area (Å²) in [5.41, 5.74) is 1.13. The quantitative estimate of drug-likeness (QED) is 0.574. The van der Waals surface area contributed by atoms with E-state index >= 15 is 0 Å². The van der Waals surface area contributed by atoms with Gasteiger partial charge in [0.2, 0.25) is 0 Å². The predicted octanol–water partition coefficient (Wildman–Crippen LogP) is 2.27. The topological polar surface area (TPSA) is 88.9 Å². The maximum Gasteiger partial charge on any atom is 0.291 e. The van der Waals surface area contributed by atoms with Gasteiger partial charge in [-0.05, 0) is 48.5 Å². The summed E-state index contributed by atoms with van der Waals surface area (Å²) >= 11 is 0. The van der Waals surface area contributed by atoms with Gasteiger partial charge in [0.25, 0.3) is 11.8 Å². The highest BCUT2D eigenvalue weighted by Gasteiger charge is 2.29. The summed E-state index contributed by atoms with van der Waals surface area (Å²) < 4.78 is 10.7. The normalized spacial score (nSPS) is 15.2. The molecule has 1 saturated heterocycles. The Morgan fingerprint density at radius 2 is 1.66 bits per heavy atom. The Morgan fingerprint density at radius 3 is 2.31 bits per heavy atom. The third-order valence-corrected chi connectivity index (χ3v) is 5.24. The summed E-state index contributed by atoms with van der Waals surface area (Å²) in [5.74, 6) is 0.657. The van der Waals surface area contributed by atoms with Crippen LogP contribution >= 0.6 is 0 Å². The Hall–Kier alpha value is -3.32.